The van der Waals surface area contributed by atoms with Crippen LogP contribution in [-0.2, 0) is 11.2 Å². The predicted octanol–water partition coefficient (Wildman–Crippen LogP) is 2.30. The van der Waals surface area contributed by atoms with Crippen LogP contribution < -0.4 is 10.1 Å². The van der Waals surface area contributed by atoms with E-state index in [1.807, 2.05) is 24.3 Å². The van der Waals surface area contributed by atoms with Gasteiger partial charge in [-0.25, -0.2) is 0 Å². The monoisotopic (exact) mass is 279 g/mol. The van der Waals surface area contributed by atoms with Gasteiger partial charge in [0.05, 0.1) is 7.11 Å². The van der Waals surface area contributed by atoms with E-state index in [1.54, 1.807) is 7.11 Å². The molecule has 0 aliphatic carbocycles. The predicted molar refractivity (Wildman–Crippen MR) is 79.9 cm³/mol. The van der Waals surface area contributed by atoms with E-state index in [9.17, 15) is 4.79 Å². The lowest BCUT2D eigenvalue weighted by Gasteiger charge is -2.06. The molecule has 0 aromatic heterocycles. The molecule has 2 N–H and O–H groups in total. The Kier molecular flexibility index (Phi) is 8.47. The Morgan fingerprint density at radius 2 is 1.85 bits per heavy atom. The molecule has 0 saturated heterocycles. The van der Waals surface area contributed by atoms with Gasteiger partial charge in [-0.1, -0.05) is 25.0 Å². The zero-order valence-electron chi connectivity index (χ0n) is 12.2. The number of aliphatic hydroxyl groups excluding tert-OH is 1. The fourth-order valence-electron chi connectivity index (χ4n) is 1.96. The van der Waals surface area contributed by atoms with Crippen LogP contribution in [0.5, 0.6) is 5.75 Å². The maximum atomic E-state index is 11.7. The van der Waals surface area contributed by atoms with Crippen molar-refractivity contribution < 1.29 is 14.6 Å². The summed E-state index contributed by atoms with van der Waals surface area (Å²) < 4.78 is 5.09. The van der Waals surface area contributed by atoms with E-state index in [0.717, 1.165) is 50.0 Å². The number of hydrogen-bond donors (Lipinski definition) is 2. The summed E-state index contributed by atoms with van der Waals surface area (Å²) in [4.78, 5) is 11.7. The Bertz CT molecular complexity index is 376. The lowest BCUT2D eigenvalue weighted by molar-refractivity contribution is -0.121. The zero-order valence-corrected chi connectivity index (χ0v) is 12.2. The van der Waals surface area contributed by atoms with Crippen LogP contribution in [0.1, 0.15) is 37.7 Å². The maximum absolute atomic E-state index is 11.7. The summed E-state index contributed by atoms with van der Waals surface area (Å²) in [7, 11) is 1.64. The first-order valence-corrected chi connectivity index (χ1v) is 7.26. The summed E-state index contributed by atoms with van der Waals surface area (Å²) in [6.45, 7) is 0.987. The molecule has 0 unspecified atom stereocenters. The van der Waals surface area contributed by atoms with Crippen LogP contribution in [0.25, 0.3) is 0 Å². The van der Waals surface area contributed by atoms with Gasteiger partial charge in [0.25, 0.3) is 0 Å². The quantitative estimate of drug-likeness (QED) is 0.646. The number of ether oxygens (including phenoxy) is 1. The highest BCUT2D eigenvalue weighted by Crippen LogP contribution is 2.12. The minimum atomic E-state index is 0.1000. The normalized spacial score (nSPS) is 10.3. The van der Waals surface area contributed by atoms with Gasteiger partial charge in [-0.2, -0.15) is 0 Å². The van der Waals surface area contributed by atoms with Gasteiger partial charge in [0.1, 0.15) is 5.75 Å². The number of aliphatic hydroxyl groups is 1. The Balaban J connectivity index is 2.10. The fraction of sp³-hybridized carbons (Fsp3) is 0.562. The lowest BCUT2D eigenvalue weighted by atomic mass is 10.1. The molecule has 0 heterocycles. The number of carbonyl (C=O) groups is 1. The van der Waals surface area contributed by atoms with Gasteiger partial charge in [-0.05, 0) is 37.0 Å². The number of unbranched alkanes of at least 4 members (excludes halogenated alkanes) is 3. The van der Waals surface area contributed by atoms with E-state index < -0.39 is 0 Å². The molecule has 0 saturated carbocycles. The highest BCUT2D eigenvalue weighted by atomic mass is 16.5. The average Bonchev–Trinajstić information content (AvgIpc) is 2.49. The maximum Gasteiger partial charge on any atom is 0.220 e. The van der Waals surface area contributed by atoms with Crippen LogP contribution in [0, 0.1) is 0 Å². The van der Waals surface area contributed by atoms with E-state index in [0.29, 0.717) is 6.42 Å². The average molecular weight is 279 g/mol. The van der Waals surface area contributed by atoms with E-state index in [-0.39, 0.29) is 12.5 Å². The van der Waals surface area contributed by atoms with Crippen LogP contribution >= 0.6 is 0 Å². The molecule has 0 aliphatic heterocycles. The van der Waals surface area contributed by atoms with E-state index in [4.69, 9.17) is 9.84 Å². The molecule has 0 bridgehead atoms. The largest absolute Gasteiger partial charge is 0.497 e. The summed E-state index contributed by atoms with van der Waals surface area (Å²) in [5, 5.41) is 11.6. The topological polar surface area (TPSA) is 58.6 Å². The molecule has 0 aliphatic rings. The third kappa shape index (κ3) is 7.14. The summed E-state index contributed by atoms with van der Waals surface area (Å²) in [6.07, 6.45) is 5.18. The molecule has 0 atom stereocenters. The van der Waals surface area contributed by atoms with Crippen LogP contribution in [0.3, 0.4) is 0 Å². The summed E-state index contributed by atoms with van der Waals surface area (Å²) in [5.74, 6) is 0.934. The molecule has 4 nitrogen and oxygen atoms in total. The number of hydrogen-bond acceptors (Lipinski definition) is 3. The number of benzene rings is 1. The molecular formula is C16H25NO3. The van der Waals surface area contributed by atoms with Crippen molar-refractivity contribution in [3.05, 3.63) is 29.8 Å². The Morgan fingerprint density at radius 1 is 1.15 bits per heavy atom. The second-order valence-electron chi connectivity index (χ2n) is 4.84. The first-order valence-electron chi connectivity index (χ1n) is 7.26. The minimum absolute atomic E-state index is 0.1000. The van der Waals surface area contributed by atoms with Crippen molar-refractivity contribution in [2.45, 2.75) is 38.5 Å². The number of nitrogens with one attached hydrogen (secondary N) is 1. The summed E-state index contributed by atoms with van der Waals surface area (Å²) in [5.41, 5.74) is 1.14. The lowest BCUT2D eigenvalue weighted by Crippen LogP contribution is -2.24. The van der Waals surface area contributed by atoms with Crippen LogP contribution in [0.15, 0.2) is 24.3 Å². The second kappa shape index (κ2) is 10.3. The highest BCUT2D eigenvalue weighted by Gasteiger charge is 2.02. The Labute approximate surface area is 121 Å². The third-order valence-corrected chi connectivity index (χ3v) is 3.21. The standard InChI is InChI=1S/C16H25NO3/c1-20-15-9-6-14(7-10-15)8-11-16(19)17-12-4-2-3-5-13-18/h6-7,9-10,18H,2-5,8,11-13H2,1H3,(H,17,19). The number of rotatable bonds is 10. The number of amides is 1. The van der Waals surface area contributed by atoms with Crippen LogP contribution in [0.4, 0.5) is 0 Å². The van der Waals surface area contributed by atoms with Crippen molar-refractivity contribution in [2.24, 2.45) is 0 Å². The molecule has 1 amide bonds. The molecule has 0 radical (unpaired) electrons. The number of carbonyl (C=O) groups excluding carboxylic acids is 1. The number of methoxy groups -OCH3 is 1. The minimum Gasteiger partial charge on any atom is -0.497 e. The summed E-state index contributed by atoms with van der Waals surface area (Å²) in [6, 6.07) is 7.80. The van der Waals surface area contributed by atoms with Gasteiger partial charge in [0.2, 0.25) is 5.91 Å². The van der Waals surface area contributed by atoms with Gasteiger partial charge in [0, 0.05) is 19.6 Å². The van der Waals surface area contributed by atoms with E-state index in [2.05, 4.69) is 5.32 Å². The van der Waals surface area contributed by atoms with Crippen LogP contribution in [0.2, 0.25) is 0 Å². The molecule has 0 spiro atoms. The zero-order chi connectivity index (χ0) is 14.6. The Hall–Kier alpha value is -1.55. The molecule has 0 fully saturated rings. The van der Waals surface area contributed by atoms with Crippen molar-refractivity contribution in [2.75, 3.05) is 20.3 Å². The van der Waals surface area contributed by atoms with E-state index >= 15 is 0 Å². The second-order valence-corrected chi connectivity index (χ2v) is 4.84. The van der Waals surface area contributed by atoms with Crippen molar-refractivity contribution >= 4 is 5.91 Å². The molecule has 4 heteroatoms. The van der Waals surface area contributed by atoms with Crippen molar-refractivity contribution in [3.63, 3.8) is 0 Å². The third-order valence-electron chi connectivity index (χ3n) is 3.21. The smallest absolute Gasteiger partial charge is 0.220 e. The molecule has 1 aromatic carbocycles. The van der Waals surface area contributed by atoms with Gasteiger partial charge < -0.3 is 15.2 Å². The van der Waals surface area contributed by atoms with Gasteiger partial charge in [-0.3, -0.25) is 4.79 Å². The first-order chi connectivity index (χ1) is 9.76. The van der Waals surface area contributed by atoms with Gasteiger partial charge in [-0.15, -0.1) is 0 Å². The highest BCUT2D eigenvalue weighted by molar-refractivity contribution is 5.76. The van der Waals surface area contributed by atoms with Gasteiger partial charge in [0.15, 0.2) is 0 Å². The van der Waals surface area contributed by atoms with Crippen molar-refractivity contribution in [1.82, 2.24) is 5.32 Å². The number of aryl methyl sites for hydroxylation is 1. The van der Waals surface area contributed by atoms with Crippen LogP contribution in [-0.4, -0.2) is 31.3 Å². The van der Waals surface area contributed by atoms with Crippen molar-refractivity contribution in [1.29, 1.82) is 0 Å². The van der Waals surface area contributed by atoms with E-state index in [1.165, 1.54) is 0 Å². The summed E-state index contributed by atoms with van der Waals surface area (Å²) >= 11 is 0. The molecule has 1 rings (SSSR count). The SMILES string of the molecule is COc1ccc(CCC(=O)NCCCCCCO)cc1. The van der Waals surface area contributed by atoms with Crippen molar-refractivity contribution in [3.8, 4) is 5.75 Å². The fourth-order valence-corrected chi connectivity index (χ4v) is 1.96. The Morgan fingerprint density at radius 3 is 2.50 bits per heavy atom. The van der Waals surface area contributed by atoms with Gasteiger partial charge >= 0.3 is 0 Å². The molecular weight excluding hydrogens is 254 g/mol. The first kappa shape index (κ1) is 16.5. The molecule has 20 heavy (non-hydrogen) atoms. The molecule has 112 valence electrons. The molecule has 1 aromatic rings.